The van der Waals surface area contributed by atoms with Crippen molar-refractivity contribution in [2.45, 2.75) is 32.2 Å². The van der Waals surface area contributed by atoms with Crippen LogP contribution >= 0.6 is 12.2 Å². The molecule has 9 heteroatoms. The zero-order valence-electron chi connectivity index (χ0n) is 14.8. The van der Waals surface area contributed by atoms with Crippen molar-refractivity contribution in [3.05, 3.63) is 18.2 Å². The van der Waals surface area contributed by atoms with Gasteiger partial charge in [0.1, 0.15) is 6.04 Å². The van der Waals surface area contributed by atoms with Crippen LogP contribution in [-0.2, 0) is 14.3 Å². The number of amides is 1. The Morgan fingerprint density at radius 2 is 2.08 bits per heavy atom. The molecule has 26 heavy (non-hydrogen) atoms. The summed E-state index contributed by atoms with van der Waals surface area (Å²) in [5.41, 5.74) is 0.711. The molecule has 1 heterocycles. The number of fused-ring (bicyclic) bond motifs is 1. The Morgan fingerprint density at radius 3 is 2.81 bits per heavy atom. The first kappa shape index (κ1) is 19.8. The van der Waals surface area contributed by atoms with E-state index in [0.29, 0.717) is 23.6 Å². The van der Waals surface area contributed by atoms with Gasteiger partial charge in [-0.25, -0.2) is 4.79 Å². The third-order valence-electron chi connectivity index (χ3n) is 3.71. The van der Waals surface area contributed by atoms with Gasteiger partial charge < -0.3 is 30.2 Å². The van der Waals surface area contributed by atoms with Crippen molar-refractivity contribution in [3.63, 3.8) is 0 Å². The van der Waals surface area contributed by atoms with Gasteiger partial charge in [0.25, 0.3) is 0 Å². The van der Waals surface area contributed by atoms with Crippen LogP contribution in [0.15, 0.2) is 18.2 Å². The lowest BCUT2D eigenvalue weighted by Gasteiger charge is -2.17. The smallest absolute Gasteiger partial charge is 0.328 e. The Morgan fingerprint density at radius 1 is 1.31 bits per heavy atom. The second-order valence-corrected chi connectivity index (χ2v) is 6.07. The zero-order valence-corrected chi connectivity index (χ0v) is 15.6. The molecule has 0 saturated carbocycles. The van der Waals surface area contributed by atoms with E-state index in [1.54, 1.807) is 18.2 Å². The quantitative estimate of drug-likeness (QED) is 0.461. The van der Waals surface area contributed by atoms with Gasteiger partial charge in [0.05, 0.1) is 13.7 Å². The van der Waals surface area contributed by atoms with Crippen LogP contribution in [0.5, 0.6) is 11.5 Å². The largest absolute Gasteiger partial charge is 0.467 e. The van der Waals surface area contributed by atoms with Gasteiger partial charge in [0.15, 0.2) is 16.6 Å². The van der Waals surface area contributed by atoms with E-state index in [4.69, 9.17) is 26.4 Å². The zero-order chi connectivity index (χ0) is 18.9. The van der Waals surface area contributed by atoms with Gasteiger partial charge in [-0.15, -0.1) is 0 Å². The van der Waals surface area contributed by atoms with Crippen LogP contribution < -0.4 is 25.4 Å². The summed E-state index contributed by atoms with van der Waals surface area (Å²) < 4.78 is 15.3. The van der Waals surface area contributed by atoms with Gasteiger partial charge in [0, 0.05) is 11.8 Å². The van der Waals surface area contributed by atoms with Crippen LogP contribution in [-0.4, -0.2) is 43.5 Å². The summed E-state index contributed by atoms with van der Waals surface area (Å²) in [5.74, 6) is 0.515. The van der Waals surface area contributed by atoms with Crippen LogP contribution in [0.25, 0.3) is 0 Å². The van der Waals surface area contributed by atoms with Gasteiger partial charge in [-0.3, -0.25) is 4.79 Å². The van der Waals surface area contributed by atoms with E-state index in [0.717, 1.165) is 12.8 Å². The number of ether oxygens (including phenoxy) is 3. The fourth-order valence-electron chi connectivity index (χ4n) is 2.35. The fraction of sp³-hybridized carbons (Fsp3) is 0.471. The highest BCUT2D eigenvalue weighted by molar-refractivity contribution is 7.80. The molecular formula is C17H23N3O5S. The number of methoxy groups -OCH3 is 1. The van der Waals surface area contributed by atoms with Crippen molar-refractivity contribution in [1.82, 2.24) is 10.6 Å². The Bertz CT molecular complexity index is 668. The van der Waals surface area contributed by atoms with Crippen molar-refractivity contribution >= 4 is 34.9 Å². The van der Waals surface area contributed by atoms with Crippen molar-refractivity contribution in [2.24, 2.45) is 0 Å². The highest BCUT2D eigenvalue weighted by atomic mass is 32.1. The molecule has 0 aliphatic carbocycles. The number of carbonyl (C=O) groups is 2. The molecule has 0 fully saturated rings. The summed E-state index contributed by atoms with van der Waals surface area (Å²) in [7, 11) is 1.30. The predicted molar refractivity (Wildman–Crippen MR) is 100 cm³/mol. The minimum absolute atomic E-state index is 0.0595. The molecule has 0 spiro atoms. The SMILES string of the molecule is CCCCC(NC(=O)CNC(=S)Nc1ccc2c(c1)OCO2)C(=O)OC. The van der Waals surface area contributed by atoms with E-state index in [2.05, 4.69) is 16.0 Å². The van der Waals surface area contributed by atoms with Crippen LogP contribution in [0.4, 0.5) is 5.69 Å². The average Bonchev–Trinajstić information content (AvgIpc) is 3.10. The second kappa shape index (κ2) is 9.81. The van der Waals surface area contributed by atoms with Crippen molar-refractivity contribution < 1.29 is 23.8 Å². The maximum atomic E-state index is 12.0. The molecule has 1 aromatic rings. The lowest BCUT2D eigenvalue weighted by Crippen LogP contribution is -2.46. The summed E-state index contributed by atoms with van der Waals surface area (Å²) >= 11 is 5.17. The predicted octanol–water partition coefficient (Wildman–Crippen LogP) is 1.55. The van der Waals surface area contributed by atoms with Crippen LogP contribution in [0.3, 0.4) is 0 Å². The molecule has 1 aromatic carbocycles. The molecule has 8 nitrogen and oxygen atoms in total. The second-order valence-electron chi connectivity index (χ2n) is 5.66. The molecule has 2 rings (SSSR count). The normalized spacial score (nSPS) is 12.8. The lowest BCUT2D eigenvalue weighted by atomic mass is 10.1. The van der Waals surface area contributed by atoms with Crippen molar-refractivity contribution in [2.75, 3.05) is 25.8 Å². The molecule has 0 bridgehead atoms. The number of nitrogens with one attached hydrogen (secondary N) is 3. The number of unbranched alkanes of at least 4 members (excludes halogenated alkanes) is 1. The minimum atomic E-state index is -0.648. The monoisotopic (exact) mass is 381 g/mol. The molecular weight excluding hydrogens is 358 g/mol. The van der Waals surface area contributed by atoms with Crippen LogP contribution in [0.1, 0.15) is 26.2 Å². The van der Waals surface area contributed by atoms with E-state index >= 15 is 0 Å². The fourth-order valence-corrected chi connectivity index (χ4v) is 2.54. The Labute approximate surface area is 157 Å². The molecule has 1 aliphatic heterocycles. The van der Waals surface area contributed by atoms with Crippen LogP contribution in [0.2, 0.25) is 0 Å². The van der Waals surface area contributed by atoms with Gasteiger partial charge in [-0.05, 0) is 30.8 Å². The Kier molecular flexibility index (Phi) is 7.46. The molecule has 1 unspecified atom stereocenters. The molecule has 142 valence electrons. The summed E-state index contributed by atoms with van der Waals surface area (Å²) in [6.07, 6.45) is 2.28. The number of rotatable bonds is 8. The van der Waals surface area contributed by atoms with E-state index in [1.165, 1.54) is 7.11 Å². The highest BCUT2D eigenvalue weighted by Crippen LogP contribution is 2.34. The van der Waals surface area contributed by atoms with Gasteiger partial charge >= 0.3 is 5.97 Å². The van der Waals surface area contributed by atoms with Gasteiger partial charge in [-0.2, -0.15) is 0 Å². The number of anilines is 1. The van der Waals surface area contributed by atoms with Crippen molar-refractivity contribution in [1.29, 1.82) is 0 Å². The summed E-state index contributed by atoms with van der Waals surface area (Å²) in [6, 6.07) is 4.67. The molecule has 0 radical (unpaired) electrons. The first-order valence-corrected chi connectivity index (χ1v) is 8.76. The number of carbonyl (C=O) groups excluding carboxylic acids is 2. The lowest BCUT2D eigenvalue weighted by molar-refractivity contribution is -0.145. The number of hydrogen-bond acceptors (Lipinski definition) is 6. The molecule has 0 saturated heterocycles. The number of hydrogen-bond donors (Lipinski definition) is 3. The first-order chi connectivity index (χ1) is 12.5. The molecule has 1 amide bonds. The van der Waals surface area contributed by atoms with Gasteiger partial charge in [0.2, 0.25) is 12.7 Å². The summed E-state index contributed by atoms with van der Waals surface area (Å²) in [5, 5.41) is 8.70. The average molecular weight is 381 g/mol. The third-order valence-corrected chi connectivity index (χ3v) is 3.95. The number of benzene rings is 1. The molecule has 3 N–H and O–H groups in total. The van der Waals surface area contributed by atoms with E-state index < -0.39 is 12.0 Å². The first-order valence-electron chi connectivity index (χ1n) is 8.35. The Balaban J connectivity index is 1.78. The highest BCUT2D eigenvalue weighted by Gasteiger charge is 2.20. The molecule has 1 aliphatic rings. The van der Waals surface area contributed by atoms with Crippen LogP contribution in [0, 0.1) is 0 Å². The van der Waals surface area contributed by atoms with E-state index in [-0.39, 0.29) is 24.4 Å². The maximum Gasteiger partial charge on any atom is 0.328 e. The van der Waals surface area contributed by atoms with E-state index in [9.17, 15) is 9.59 Å². The summed E-state index contributed by atoms with van der Waals surface area (Å²) in [6.45, 7) is 2.15. The number of esters is 1. The summed E-state index contributed by atoms with van der Waals surface area (Å²) in [4.78, 5) is 23.7. The van der Waals surface area contributed by atoms with Crippen molar-refractivity contribution in [3.8, 4) is 11.5 Å². The molecule has 0 aromatic heterocycles. The Hall–Kier alpha value is -2.55. The minimum Gasteiger partial charge on any atom is -0.467 e. The maximum absolute atomic E-state index is 12.0. The number of thiocarbonyl (C=S) groups is 1. The third kappa shape index (κ3) is 5.76. The standard InChI is InChI=1S/C17H23N3O5S/c1-3-4-5-12(16(22)23-2)20-15(21)9-18-17(26)19-11-6-7-13-14(8-11)25-10-24-13/h6-8,12H,3-5,9-10H2,1-2H3,(H,20,21)(H2,18,19,26). The van der Waals surface area contributed by atoms with Gasteiger partial charge in [-0.1, -0.05) is 19.8 Å². The molecule has 1 atom stereocenters. The van der Waals surface area contributed by atoms with E-state index in [1.807, 2.05) is 6.92 Å². The topological polar surface area (TPSA) is 97.9 Å².